The van der Waals surface area contributed by atoms with Gasteiger partial charge in [0, 0.05) is 44.7 Å². The van der Waals surface area contributed by atoms with E-state index in [0.29, 0.717) is 35.6 Å². The lowest BCUT2D eigenvalue weighted by atomic mass is 10.1. The maximum Gasteiger partial charge on any atom is 0.326 e. The minimum atomic E-state index is -0.330. The summed E-state index contributed by atoms with van der Waals surface area (Å²) in [6.07, 6.45) is 3.83. The van der Waals surface area contributed by atoms with Gasteiger partial charge < -0.3 is 4.90 Å². The number of rotatable bonds is 6. The van der Waals surface area contributed by atoms with Crippen molar-refractivity contribution in [2.75, 3.05) is 19.6 Å². The molecule has 4 rings (SSSR count). The molecule has 3 amide bonds. The number of hydrogen-bond donors (Lipinski definition) is 0. The number of halogens is 1. The van der Waals surface area contributed by atoms with Gasteiger partial charge in [0.05, 0.1) is 6.20 Å². The first kappa shape index (κ1) is 20.1. The molecule has 1 aromatic carbocycles. The Bertz CT molecular complexity index is 1150. The SMILES string of the molecule is Cn1ncc2c(=O)n(CCN3C(=O)CCN(CCc4ccc(Cl)cc4)C3=O)cnc21. The molecular formula is C20H21ClN6O3. The van der Waals surface area contributed by atoms with Crippen LogP contribution in [0.1, 0.15) is 12.0 Å². The molecule has 2 aromatic heterocycles. The molecule has 0 bridgehead atoms. The van der Waals surface area contributed by atoms with Gasteiger partial charge in [0.2, 0.25) is 5.91 Å². The number of benzene rings is 1. The lowest BCUT2D eigenvalue weighted by Crippen LogP contribution is -2.53. The number of urea groups is 1. The highest BCUT2D eigenvalue weighted by Crippen LogP contribution is 2.14. The number of amides is 3. The van der Waals surface area contributed by atoms with Crippen molar-refractivity contribution in [3.05, 3.63) is 57.7 Å². The average molecular weight is 429 g/mol. The number of aromatic nitrogens is 4. The number of nitrogens with zero attached hydrogens (tertiary/aromatic N) is 6. The third-order valence-corrected chi connectivity index (χ3v) is 5.52. The number of hydrogen-bond acceptors (Lipinski definition) is 5. The van der Waals surface area contributed by atoms with Crippen LogP contribution >= 0.6 is 11.6 Å². The minimum absolute atomic E-state index is 0.114. The van der Waals surface area contributed by atoms with Crippen LogP contribution in [0, 0.1) is 0 Å². The van der Waals surface area contributed by atoms with Gasteiger partial charge in [-0.3, -0.25) is 23.7 Å². The van der Waals surface area contributed by atoms with E-state index in [1.807, 2.05) is 24.3 Å². The van der Waals surface area contributed by atoms with Gasteiger partial charge in [0.25, 0.3) is 5.56 Å². The van der Waals surface area contributed by atoms with E-state index >= 15 is 0 Å². The van der Waals surface area contributed by atoms with Gasteiger partial charge in [-0.25, -0.2) is 9.78 Å². The number of carbonyl (C=O) groups excluding carboxylic acids is 2. The molecule has 0 N–H and O–H groups in total. The summed E-state index contributed by atoms with van der Waals surface area (Å²) in [6, 6.07) is 7.15. The normalized spacial score (nSPS) is 14.7. The Morgan fingerprint density at radius 3 is 2.60 bits per heavy atom. The monoisotopic (exact) mass is 428 g/mol. The van der Waals surface area contributed by atoms with Crippen molar-refractivity contribution in [3.63, 3.8) is 0 Å². The van der Waals surface area contributed by atoms with Crippen LogP contribution in [-0.2, 0) is 24.8 Å². The first-order valence-corrected chi connectivity index (χ1v) is 10.0. The maximum atomic E-state index is 12.8. The molecule has 0 atom stereocenters. The molecule has 9 nitrogen and oxygen atoms in total. The van der Waals surface area contributed by atoms with E-state index in [2.05, 4.69) is 10.1 Å². The van der Waals surface area contributed by atoms with Gasteiger partial charge >= 0.3 is 6.03 Å². The third-order valence-electron chi connectivity index (χ3n) is 5.26. The van der Waals surface area contributed by atoms with E-state index in [-0.39, 0.29) is 37.0 Å². The minimum Gasteiger partial charge on any atom is -0.323 e. The summed E-state index contributed by atoms with van der Waals surface area (Å²) >= 11 is 5.91. The van der Waals surface area contributed by atoms with Crippen LogP contribution in [0.4, 0.5) is 4.79 Å². The Hall–Kier alpha value is -3.20. The summed E-state index contributed by atoms with van der Waals surface area (Å²) in [5.74, 6) is -0.230. The Morgan fingerprint density at radius 1 is 1.07 bits per heavy atom. The summed E-state index contributed by atoms with van der Waals surface area (Å²) in [5, 5.41) is 5.11. The Kier molecular flexibility index (Phi) is 5.54. The van der Waals surface area contributed by atoms with Crippen molar-refractivity contribution >= 4 is 34.6 Å². The number of fused-ring (bicyclic) bond motifs is 1. The first-order chi connectivity index (χ1) is 14.4. The predicted molar refractivity (Wildman–Crippen MR) is 111 cm³/mol. The highest BCUT2D eigenvalue weighted by atomic mass is 35.5. The van der Waals surface area contributed by atoms with Gasteiger partial charge in [-0.1, -0.05) is 23.7 Å². The zero-order valence-electron chi connectivity index (χ0n) is 16.5. The molecule has 0 unspecified atom stereocenters. The van der Waals surface area contributed by atoms with Crippen LogP contribution in [0.25, 0.3) is 11.0 Å². The fraction of sp³-hybridized carbons (Fsp3) is 0.350. The quantitative estimate of drug-likeness (QED) is 0.595. The van der Waals surface area contributed by atoms with Crippen molar-refractivity contribution in [1.82, 2.24) is 29.1 Å². The van der Waals surface area contributed by atoms with Crippen LogP contribution in [0.15, 0.2) is 41.6 Å². The van der Waals surface area contributed by atoms with Crippen molar-refractivity contribution < 1.29 is 9.59 Å². The first-order valence-electron chi connectivity index (χ1n) is 9.65. The molecule has 0 saturated carbocycles. The second kappa shape index (κ2) is 8.27. The van der Waals surface area contributed by atoms with Crippen LogP contribution in [0.3, 0.4) is 0 Å². The molecule has 3 aromatic rings. The standard InChI is InChI=1S/C20H21ClN6O3/c1-24-18-16(12-23-24)19(29)26(13-22-18)10-11-27-17(28)7-9-25(20(27)30)8-6-14-2-4-15(21)5-3-14/h2-5,12-13H,6-11H2,1H3. The van der Waals surface area contributed by atoms with Crippen LogP contribution < -0.4 is 5.56 Å². The van der Waals surface area contributed by atoms with E-state index in [1.54, 1.807) is 11.9 Å². The molecule has 1 saturated heterocycles. The lowest BCUT2D eigenvalue weighted by Gasteiger charge is -2.34. The molecule has 10 heteroatoms. The molecule has 0 radical (unpaired) electrons. The summed E-state index contributed by atoms with van der Waals surface area (Å²) in [6.45, 7) is 1.19. The smallest absolute Gasteiger partial charge is 0.323 e. The summed E-state index contributed by atoms with van der Waals surface area (Å²) in [7, 11) is 1.71. The molecular weight excluding hydrogens is 408 g/mol. The fourth-order valence-corrected chi connectivity index (χ4v) is 3.64. The molecule has 1 fully saturated rings. The van der Waals surface area contributed by atoms with E-state index < -0.39 is 0 Å². The highest BCUT2D eigenvalue weighted by Gasteiger charge is 2.31. The topological polar surface area (TPSA) is 93.3 Å². The van der Waals surface area contributed by atoms with Crippen molar-refractivity contribution in [1.29, 1.82) is 0 Å². The second-order valence-electron chi connectivity index (χ2n) is 7.19. The molecule has 30 heavy (non-hydrogen) atoms. The molecule has 3 heterocycles. The summed E-state index contributed by atoms with van der Waals surface area (Å²) in [4.78, 5) is 44.9. The predicted octanol–water partition coefficient (Wildman–Crippen LogP) is 1.68. The Balaban J connectivity index is 1.42. The molecule has 1 aliphatic heterocycles. The van der Waals surface area contributed by atoms with Crippen LogP contribution in [-0.4, -0.2) is 60.7 Å². The Morgan fingerprint density at radius 2 is 1.83 bits per heavy atom. The maximum absolute atomic E-state index is 12.8. The van der Waals surface area contributed by atoms with Crippen molar-refractivity contribution in [2.45, 2.75) is 19.4 Å². The van der Waals surface area contributed by atoms with E-state index in [0.717, 1.165) is 5.56 Å². The number of aryl methyl sites for hydroxylation is 1. The van der Waals surface area contributed by atoms with Gasteiger partial charge in [-0.05, 0) is 24.1 Å². The van der Waals surface area contributed by atoms with Gasteiger partial charge in [-0.15, -0.1) is 0 Å². The van der Waals surface area contributed by atoms with Gasteiger partial charge in [-0.2, -0.15) is 5.10 Å². The summed E-state index contributed by atoms with van der Waals surface area (Å²) < 4.78 is 2.93. The number of imide groups is 1. The van der Waals surface area contributed by atoms with Crippen LogP contribution in [0.5, 0.6) is 0 Å². The van der Waals surface area contributed by atoms with Gasteiger partial charge in [0.15, 0.2) is 5.65 Å². The largest absolute Gasteiger partial charge is 0.326 e. The zero-order chi connectivity index (χ0) is 21.3. The highest BCUT2D eigenvalue weighted by molar-refractivity contribution is 6.30. The average Bonchev–Trinajstić information content (AvgIpc) is 3.11. The van der Waals surface area contributed by atoms with E-state index in [4.69, 9.17) is 11.6 Å². The van der Waals surface area contributed by atoms with E-state index in [9.17, 15) is 14.4 Å². The number of carbonyl (C=O) groups is 2. The van der Waals surface area contributed by atoms with Crippen molar-refractivity contribution in [3.8, 4) is 0 Å². The van der Waals surface area contributed by atoms with Gasteiger partial charge in [0.1, 0.15) is 11.7 Å². The fourth-order valence-electron chi connectivity index (χ4n) is 3.52. The van der Waals surface area contributed by atoms with Crippen molar-refractivity contribution in [2.24, 2.45) is 7.05 Å². The molecule has 156 valence electrons. The molecule has 1 aliphatic rings. The second-order valence-corrected chi connectivity index (χ2v) is 7.63. The zero-order valence-corrected chi connectivity index (χ0v) is 17.2. The van der Waals surface area contributed by atoms with E-state index in [1.165, 1.54) is 26.7 Å². The molecule has 0 spiro atoms. The summed E-state index contributed by atoms with van der Waals surface area (Å²) in [5.41, 5.74) is 1.32. The third kappa shape index (κ3) is 3.93. The molecule has 0 aliphatic carbocycles. The Labute approximate surface area is 177 Å². The lowest BCUT2D eigenvalue weighted by molar-refractivity contribution is -0.131. The van der Waals surface area contributed by atoms with Crippen LogP contribution in [0.2, 0.25) is 5.02 Å².